The minimum Gasteiger partial charge on any atom is -0.497 e. The van der Waals surface area contributed by atoms with E-state index in [0.717, 1.165) is 25.9 Å². The van der Waals surface area contributed by atoms with Crippen molar-refractivity contribution in [3.8, 4) is 5.75 Å². The molecular formula is C14H12Br2FNO. The van der Waals surface area contributed by atoms with Crippen LogP contribution in [0.2, 0.25) is 0 Å². The first-order valence-corrected chi connectivity index (χ1v) is 7.20. The van der Waals surface area contributed by atoms with Crippen molar-refractivity contribution in [3.63, 3.8) is 0 Å². The fraction of sp³-hybridized carbons (Fsp3) is 0.143. The molecular weight excluding hydrogens is 377 g/mol. The molecule has 0 fully saturated rings. The molecule has 0 aliphatic rings. The third kappa shape index (κ3) is 3.70. The van der Waals surface area contributed by atoms with Gasteiger partial charge in [-0.05, 0) is 45.8 Å². The molecule has 0 amide bonds. The van der Waals surface area contributed by atoms with Crippen molar-refractivity contribution in [1.29, 1.82) is 0 Å². The summed E-state index contributed by atoms with van der Waals surface area (Å²) in [4.78, 5) is 0. The van der Waals surface area contributed by atoms with E-state index in [4.69, 9.17) is 4.74 Å². The third-order valence-electron chi connectivity index (χ3n) is 2.66. The zero-order valence-corrected chi connectivity index (χ0v) is 13.4. The van der Waals surface area contributed by atoms with Gasteiger partial charge in [0.2, 0.25) is 0 Å². The summed E-state index contributed by atoms with van der Waals surface area (Å²) < 4.78 is 19.9. The molecule has 2 nitrogen and oxygen atoms in total. The Balaban J connectivity index is 2.14. The number of nitrogens with one attached hydrogen (secondary N) is 1. The Labute approximate surface area is 128 Å². The van der Waals surface area contributed by atoms with Crippen molar-refractivity contribution in [2.24, 2.45) is 0 Å². The lowest BCUT2D eigenvalue weighted by molar-refractivity contribution is 0.415. The minimum absolute atomic E-state index is 0.252. The van der Waals surface area contributed by atoms with E-state index in [-0.39, 0.29) is 5.82 Å². The summed E-state index contributed by atoms with van der Waals surface area (Å²) in [5, 5.41) is 3.28. The van der Waals surface area contributed by atoms with Gasteiger partial charge in [0, 0.05) is 21.6 Å². The van der Waals surface area contributed by atoms with Gasteiger partial charge >= 0.3 is 0 Å². The number of ether oxygens (including phenoxy) is 1. The number of anilines is 1. The van der Waals surface area contributed by atoms with Gasteiger partial charge in [0.25, 0.3) is 0 Å². The Morgan fingerprint density at radius 2 is 1.89 bits per heavy atom. The molecule has 1 N–H and O–H groups in total. The van der Waals surface area contributed by atoms with Crippen LogP contribution in [0.3, 0.4) is 0 Å². The maximum atomic E-state index is 13.0. The Morgan fingerprint density at radius 1 is 1.11 bits per heavy atom. The lowest BCUT2D eigenvalue weighted by Gasteiger charge is -2.11. The second-order valence-electron chi connectivity index (χ2n) is 3.94. The summed E-state index contributed by atoms with van der Waals surface area (Å²) in [5.41, 5.74) is 1.91. The minimum atomic E-state index is -0.252. The van der Waals surface area contributed by atoms with Crippen LogP contribution in [0.1, 0.15) is 5.56 Å². The van der Waals surface area contributed by atoms with E-state index in [1.807, 2.05) is 18.2 Å². The molecule has 0 saturated heterocycles. The molecule has 0 heterocycles. The van der Waals surface area contributed by atoms with Gasteiger partial charge in [-0.1, -0.05) is 22.0 Å². The number of rotatable bonds is 4. The zero-order chi connectivity index (χ0) is 13.8. The quantitative estimate of drug-likeness (QED) is 0.798. The second kappa shape index (κ2) is 6.39. The van der Waals surface area contributed by atoms with Crippen LogP contribution < -0.4 is 10.1 Å². The van der Waals surface area contributed by atoms with Crippen LogP contribution in [0.4, 0.5) is 10.1 Å². The summed E-state index contributed by atoms with van der Waals surface area (Å²) in [7, 11) is 1.63. The Hall–Kier alpha value is -1.07. The summed E-state index contributed by atoms with van der Waals surface area (Å²) in [5.74, 6) is 0.530. The predicted octanol–water partition coefficient (Wildman–Crippen LogP) is 4.97. The van der Waals surface area contributed by atoms with Crippen molar-refractivity contribution in [2.75, 3.05) is 12.4 Å². The van der Waals surface area contributed by atoms with Gasteiger partial charge in [0.15, 0.2) is 0 Å². The van der Waals surface area contributed by atoms with Crippen LogP contribution >= 0.6 is 31.9 Å². The Morgan fingerprint density at radius 3 is 2.58 bits per heavy atom. The van der Waals surface area contributed by atoms with E-state index in [1.54, 1.807) is 13.2 Å². The second-order valence-corrected chi connectivity index (χ2v) is 5.64. The fourth-order valence-corrected chi connectivity index (χ4v) is 2.50. The molecule has 0 atom stereocenters. The van der Waals surface area contributed by atoms with Crippen LogP contribution in [-0.4, -0.2) is 7.11 Å². The molecule has 0 saturated carbocycles. The van der Waals surface area contributed by atoms with Crippen molar-refractivity contribution in [1.82, 2.24) is 0 Å². The molecule has 2 aromatic rings. The van der Waals surface area contributed by atoms with Crippen LogP contribution in [0.15, 0.2) is 45.3 Å². The van der Waals surface area contributed by atoms with Crippen molar-refractivity contribution in [3.05, 3.63) is 56.7 Å². The average Bonchev–Trinajstić information content (AvgIpc) is 2.39. The van der Waals surface area contributed by atoms with E-state index in [9.17, 15) is 4.39 Å². The van der Waals surface area contributed by atoms with E-state index in [0.29, 0.717) is 6.54 Å². The van der Waals surface area contributed by atoms with E-state index >= 15 is 0 Å². The van der Waals surface area contributed by atoms with Crippen molar-refractivity contribution >= 4 is 37.5 Å². The molecule has 0 bridgehead atoms. The first kappa shape index (κ1) is 14.3. The van der Waals surface area contributed by atoms with Gasteiger partial charge in [0.1, 0.15) is 11.6 Å². The van der Waals surface area contributed by atoms with Gasteiger partial charge in [-0.3, -0.25) is 0 Å². The summed E-state index contributed by atoms with van der Waals surface area (Å²) in [6.45, 7) is 0.590. The van der Waals surface area contributed by atoms with Crippen molar-refractivity contribution in [2.45, 2.75) is 6.54 Å². The highest BCUT2D eigenvalue weighted by atomic mass is 79.9. The largest absolute Gasteiger partial charge is 0.497 e. The maximum absolute atomic E-state index is 13.0. The summed E-state index contributed by atoms with van der Waals surface area (Å²) in [6, 6.07) is 10.4. The van der Waals surface area contributed by atoms with Crippen LogP contribution in [0.25, 0.3) is 0 Å². The van der Waals surface area contributed by atoms with E-state index in [1.165, 1.54) is 12.1 Å². The van der Waals surface area contributed by atoms with Gasteiger partial charge in [-0.25, -0.2) is 4.39 Å². The lowest BCUT2D eigenvalue weighted by Crippen LogP contribution is -2.01. The molecule has 2 aromatic carbocycles. The number of methoxy groups -OCH3 is 1. The molecule has 100 valence electrons. The van der Waals surface area contributed by atoms with Crippen LogP contribution in [-0.2, 0) is 6.54 Å². The summed E-state index contributed by atoms with van der Waals surface area (Å²) in [6.07, 6.45) is 0. The lowest BCUT2D eigenvalue weighted by atomic mass is 10.2. The van der Waals surface area contributed by atoms with Crippen molar-refractivity contribution < 1.29 is 9.13 Å². The number of hydrogen-bond acceptors (Lipinski definition) is 2. The van der Waals surface area contributed by atoms with Crippen LogP contribution in [0.5, 0.6) is 5.75 Å². The molecule has 0 aromatic heterocycles. The highest BCUT2D eigenvalue weighted by Gasteiger charge is 2.05. The Bertz CT molecular complexity index is 590. The molecule has 2 rings (SSSR count). The first-order valence-electron chi connectivity index (χ1n) is 5.61. The standard InChI is InChI=1S/C14H12Br2FNO/c1-19-11-4-5-12(15)14(7-11)18-8-9-2-3-10(17)6-13(9)16/h2-7,18H,8H2,1H3. The van der Waals surface area contributed by atoms with E-state index < -0.39 is 0 Å². The monoisotopic (exact) mass is 387 g/mol. The Kier molecular flexibility index (Phi) is 4.82. The number of benzene rings is 2. The molecule has 0 aliphatic carbocycles. The smallest absolute Gasteiger partial charge is 0.124 e. The molecule has 5 heteroatoms. The fourth-order valence-electron chi connectivity index (χ4n) is 1.62. The van der Waals surface area contributed by atoms with Gasteiger partial charge in [0.05, 0.1) is 12.8 Å². The van der Waals surface area contributed by atoms with Crippen LogP contribution in [0, 0.1) is 5.82 Å². The normalized spacial score (nSPS) is 10.3. The highest BCUT2D eigenvalue weighted by molar-refractivity contribution is 9.10. The van der Waals surface area contributed by atoms with Gasteiger partial charge in [-0.15, -0.1) is 0 Å². The molecule has 19 heavy (non-hydrogen) atoms. The molecule has 0 radical (unpaired) electrons. The molecule has 0 spiro atoms. The van der Waals surface area contributed by atoms with Gasteiger partial charge < -0.3 is 10.1 Å². The third-order valence-corrected chi connectivity index (χ3v) is 4.09. The summed E-state index contributed by atoms with van der Waals surface area (Å²) >= 11 is 6.82. The topological polar surface area (TPSA) is 21.3 Å². The van der Waals surface area contributed by atoms with E-state index in [2.05, 4.69) is 37.2 Å². The molecule has 0 aliphatic heterocycles. The number of halogens is 3. The van der Waals surface area contributed by atoms with Gasteiger partial charge in [-0.2, -0.15) is 0 Å². The molecule has 0 unspecified atom stereocenters. The SMILES string of the molecule is COc1ccc(Br)c(NCc2ccc(F)cc2Br)c1. The average molecular weight is 389 g/mol. The number of hydrogen-bond donors (Lipinski definition) is 1. The zero-order valence-electron chi connectivity index (χ0n) is 10.2. The predicted molar refractivity (Wildman–Crippen MR) is 82.1 cm³/mol. The highest BCUT2D eigenvalue weighted by Crippen LogP contribution is 2.28. The maximum Gasteiger partial charge on any atom is 0.124 e. The first-order chi connectivity index (χ1) is 9.10.